The first-order valence-corrected chi connectivity index (χ1v) is 9.98. The lowest BCUT2D eigenvalue weighted by Gasteiger charge is -2.07. The fourth-order valence-corrected chi connectivity index (χ4v) is 3.72. The highest BCUT2D eigenvalue weighted by Crippen LogP contribution is 2.46. The maximum Gasteiger partial charge on any atom is 0.436 e. The number of carbonyl (C=O) groups excluding carboxylic acids is 1. The number of carbonyl (C=O) groups is 1. The van der Waals surface area contributed by atoms with Crippen LogP contribution in [0.25, 0.3) is 0 Å². The minimum atomic E-state index is -4.65. The van der Waals surface area contributed by atoms with Crippen LogP contribution >= 0.6 is 11.6 Å². The van der Waals surface area contributed by atoms with Crippen molar-refractivity contribution in [2.45, 2.75) is 44.4 Å². The summed E-state index contributed by atoms with van der Waals surface area (Å²) in [7, 11) is 0. The van der Waals surface area contributed by atoms with E-state index in [2.05, 4.69) is 15.5 Å². The van der Waals surface area contributed by atoms with Crippen molar-refractivity contribution < 1.29 is 22.4 Å². The zero-order valence-corrected chi connectivity index (χ0v) is 16.9. The Bertz CT molecular complexity index is 1100. The zero-order valence-electron chi connectivity index (χ0n) is 16.2. The molecule has 1 aliphatic carbocycles. The van der Waals surface area contributed by atoms with Crippen LogP contribution < -0.4 is 5.32 Å². The van der Waals surface area contributed by atoms with Gasteiger partial charge in [-0.05, 0) is 30.5 Å². The van der Waals surface area contributed by atoms with E-state index in [1.54, 1.807) is 23.0 Å². The number of hydrogen-bond acceptors (Lipinski definition) is 3. The predicted molar refractivity (Wildman–Crippen MR) is 105 cm³/mol. The summed E-state index contributed by atoms with van der Waals surface area (Å²) < 4.78 is 55.4. The third kappa shape index (κ3) is 5.07. The molecule has 1 aliphatic rings. The van der Waals surface area contributed by atoms with E-state index >= 15 is 0 Å². The van der Waals surface area contributed by atoms with Crippen molar-refractivity contribution in [3.05, 3.63) is 64.5 Å². The molecule has 2 heterocycles. The number of hydrogen-bond donors (Lipinski definition) is 1. The van der Waals surface area contributed by atoms with Crippen LogP contribution in [0.3, 0.4) is 0 Å². The number of nitrogens with zero attached hydrogens (tertiary/aromatic N) is 4. The van der Waals surface area contributed by atoms with Gasteiger partial charge in [0.25, 0.3) is 0 Å². The summed E-state index contributed by atoms with van der Waals surface area (Å²) in [5.41, 5.74) is 0.364. The molecule has 0 radical (unpaired) electrons. The molecular weight excluding hydrogens is 438 g/mol. The Morgan fingerprint density at radius 1 is 1.29 bits per heavy atom. The smallest absolute Gasteiger partial charge is 0.323 e. The minimum Gasteiger partial charge on any atom is -0.323 e. The van der Waals surface area contributed by atoms with Crippen LogP contribution in [0.1, 0.15) is 42.1 Å². The molecule has 0 spiro atoms. The maximum absolute atomic E-state index is 13.3. The van der Waals surface area contributed by atoms with Gasteiger partial charge in [0.15, 0.2) is 5.69 Å². The van der Waals surface area contributed by atoms with Crippen molar-refractivity contribution in [3.8, 4) is 0 Å². The summed E-state index contributed by atoms with van der Waals surface area (Å²) in [6, 6.07) is 6.09. The second-order valence-electron chi connectivity index (χ2n) is 7.40. The molecule has 31 heavy (non-hydrogen) atoms. The van der Waals surface area contributed by atoms with E-state index < -0.39 is 17.8 Å². The van der Waals surface area contributed by atoms with Crippen LogP contribution in [0.15, 0.2) is 36.7 Å². The predicted octanol–water partition coefficient (Wildman–Crippen LogP) is 4.85. The summed E-state index contributed by atoms with van der Waals surface area (Å²) in [5, 5.41) is 10.0. The Morgan fingerprint density at radius 2 is 2.06 bits per heavy atom. The van der Waals surface area contributed by atoms with E-state index in [9.17, 15) is 22.4 Å². The molecule has 1 fully saturated rings. The van der Waals surface area contributed by atoms with Crippen LogP contribution in [0.2, 0.25) is 5.02 Å². The number of nitrogens with one attached hydrogen (secondary N) is 1. The number of aryl methyl sites for hydroxylation is 1. The van der Waals surface area contributed by atoms with Crippen LogP contribution in [0.4, 0.5) is 23.2 Å². The van der Waals surface area contributed by atoms with Crippen LogP contribution in [0, 0.1) is 5.82 Å². The lowest BCUT2D eigenvalue weighted by molar-refractivity contribution is -0.141. The standard InChI is InChI=1S/C20H18ClF4N5O/c21-17-18(13-4-5-13)30(28-19(17)20(23,24)25)7-6-16(31)27-15-9-26-29(11-15)10-12-2-1-3-14(22)8-12/h1-3,8-9,11,13H,4-7,10H2,(H,27,31). The quantitative estimate of drug-likeness (QED) is 0.518. The second kappa shape index (κ2) is 8.33. The lowest BCUT2D eigenvalue weighted by atomic mass is 10.2. The Balaban J connectivity index is 1.37. The van der Waals surface area contributed by atoms with Gasteiger partial charge in [0.05, 0.1) is 35.7 Å². The molecule has 1 amide bonds. The average molecular weight is 456 g/mol. The van der Waals surface area contributed by atoms with Gasteiger partial charge in [-0.3, -0.25) is 14.2 Å². The van der Waals surface area contributed by atoms with Gasteiger partial charge >= 0.3 is 6.18 Å². The molecule has 4 rings (SSSR count). The first kappa shape index (κ1) is 21.4. The normalized spacial score (nSPS) is 14.1. The zero-order chi connectivity index (χ0) is 22.2. The van der Waals surface area contributed by atoms with Gasteiger partial charge in [-0.1, -0.05) is 23.7 Å². The van der Waals surface area contributed by atoms with Crippen molar-refractivity contribution in [1.29, 1.82) is 0 Å². The number of alkyl halides is 3. The van der Waals surface area contributed by atoms with Gasteiger partial charge in [0, 0.05) is 18.5 Å². The molecule has 11 heteroatoms. The first-order valence-electron chi connectivity index (χ1n) is 9.61. The highest BCUT2D eigenvalue weighted by atomic mass is 35.5. The van der Waals surface area contributed by atoms with Gasteiger partial charge in [-0.25, -0.2) is 4.39 Å². The Labute approximate surface area is 179 Å². The van der Waals surface area contributed by atoms with Gasteiger partial charge < -0.3 is 5.32 Å². The number of amides is 1. The second-order valence-corrected chi connectivity index (χ2v) is 7.78. The molecule has 0 aliphatic heterocycles. The van der Waals surface area contributed by atoms with Crippen molar-refractivity contribution in [2.24, 2.45) is 0 Å². The minimum absolute atomic E-state index is 0.0229. The molecule has 3 aromatic rings. The van der Waals surface area contributed by atoms with E-state index in [4.69, 9.17) is 11.6 Å². The highest BCUT2D eigenvalue weighted by Gasteiger charge is 2.42. The van der Waals surface area contributed by atoms with Crippen molar-refractivity contribution >= 4 is 23.2 Å². The first-order chi connectivity index (χ1) is 14.7. The molecule has 2 aromatic heterocycles. The van der Waals surface area contributed by atoms with Crippen LogP contribution in [0.5, 0.6) is 0 Å². The van der Waals surface area contributed by atoms with Crippen LogP contribution in [-0.4, -0.2) is 25.5 Å². The van der Waals surface area contributed by atoms with E-state index in [1.807, 2.05) is 0 Å². The largest absolute Gasteiger partial charge is 0.436 e. The molecular formula is C20H18ClF4N5O. The monoisotopic (exact) mass is 455 g/mol. The molecule has 6 nitrogen and oxygen atoms in total. The van der Waals surface area contributed by atoms with E-state index in [0.29, 0.717) is 23.5 Å². The summed E-state index contributed by atoms with van der Waals surface area (Å²) in [5.74, 6) is -0.802. The van der Waals surface area contributed by atoms with E-state index in [-0.39, 0.29) is 29.7 Å². The molecule has 0 atom stereocenters. The Hall–Kier alpha value is -2.88. The van der Waals surface area contributed by atoms with Crippen molar-refractivity contribution in [2.75, 3.05) is 5.32 Å². The Morgan fingerprint density at radius 3 is 2.74 bits per heavy atom. The number of anilines is 1. The molecule has 0 unspecified atom stereocenters. The maximum atomic E-state index is 13.3. The topological polar surface area (TPSA) is 64.7 Å². The molecule has 0 bridgehead atoms. The van der Waals surface area contributed by atoms with Crippen molar-refractivity contribution in [1.82, 2.24) is 19.6 Å². The van der Waals surface area contributed by atoms with Gasteiger partial charge in [0.1, 0.15) is 5.82 Å². The molecule has 1 N–H and O–H groups in total. The van der Waals surface area contributed by atoms with Gasteiger partial charge in [-0.15, -0.1) is 0 Å². The lowest BCUT2D eigenvalue weighted by Crippen LogP contribution is -2.16. The van der Waals surface area contributed by atoms with Gasteiger partial charge in [-0.2, -0.15) is 23.4 Å². The molecule has 164 valence electrons. The molecule has 1 aromatic carbocycles. The molecule has 1 saturated carbocycles. The number of benzene rings is 1. The summed E-state index contributed by atoms with van der Waals surface area (Å²) >= 11 is 5.93. The fourth-order valence-electron chi connectivity index (χ4n) is 3.32. The third-order valence-corrected chi connectivity index (χ3v) is 5.24. The van der Waals surface area contributed by atoms with Crippen LogP contribution in [-0.2, 0) is 24.1 Å². The summed E-state index contributed by atoms with van der Waals surface area (Å²) in [4.78, 5) is 12.3. The van der Waals surface area contributed by atoms with E-state index in [0.717, 1.165) is 12.8 Å². The Kier molecular flexibility index (Phi) is 5.74. The number of aromatic nitrogens is 4. The summed E-state index contributed by atoms with van der Waals surface area (Å²) in [6.07, 6.45) is -0.197. The third-order valence-electron chi connectivity index (χ3n) is 4.87. The SMILES string of the molecule is O=C(CCn1nc(C(F)(F)F)c(Cl)c1C1CC1)Nc1cnn(Cc2cccc(F)c2)c1. The summed E-state index contributed by atoms with van der Waals surface area (Å²) in [6.45, 7) is 0.301. The number of halogens is 5. The highest BCUT2D eigenvalue weighted by molar-refractivity contribution is 6.32. The fraction of sp³-hybridized carbons (Fsp3) is 0.350. The number of rotatable bonds is 7. The van der Waals surface area contributed by atoms with Crippen molar-refractivity contribution in [3.63, 3.8) is 0 Å². The van der Waals surface area contributed by atoms with Gasteiger partial charge in [0.2, 0.25) is 5.91 Å². The molecule has 0 saturated heterocycles. The van der Waals surface area contributed by atoms with E-state index in [1.165, 1.54) is 23.0 Å². The average Bonchev–Trinajstić information content (AvgIpc) is 3.33.